The summed E-state index contributed by atoms with van der Waals surface area (Å²) in [5.74, 6) is 0.316. The summed E-state index contributed by atoms with van der Waals surface area (Å²) >= 11 is 0. The summed E-state index contributed by atoms with van der Waals surface area (Å²) in [4.78, 5) is 30.8. The molecule has 0 atom stereocenters. The van der Waals surface area contributed by atoms with Crippen molar-refractivity contribution in [3.8, 4) is 0 Å². The molecule has 3 heterocycles. The van der Waals surface area contributed by atoms with Crippen molar-refractivity contribution in [2.45, 2.75) is 19.9 Å². The fourth-order valence-corrected chi connectivity index (χ4v) is 3.26. The van der Waals surface area contributed by atoms with Crippen molar-refractivity contribution in [1.82, 2.24) is 23.5 Å². The first-order chi connectivity index (χ1) is 13.0. The Morgan fingerprint density at radius 2 is 2.04 bits per heavy atom. The molecule has 0 aliphatic heterocycles. The van der Waals surface area contributed by atoms with Gasteiger partial charge in [-0.2, -0.15) is 4.98 Å². The first-order valence-corrected chi connectivity index (χ1v) is 8.63. The molecule has 0 bridgehead atoms. The van der Waals surface area contributed by atoms with Gasteiger partial charge in [-0.1, -0.05) is 12.1 Å². The SMILES string of the molecule is Cc1cn2c3c(=O)[nH]c(=O)n(C)c3nc2n1CCCNc1ccccc1F. The number of fused-ring (bicyclic) bond motifs is 3. The van der Waals surface area contributed by atoms with Crippen LogP contribution >= 0.6 is 0 Å². The van der Waals surface area contributed by atoms with E-state index in [1.54, 1.807) is 29.6 Å². The maximum absolute atomic E-state index is 13.6. The molecular formula is C18H19FN6O2. The number of aromatic nitrogens is 5. The number of anilines is 1. The van der Waals surface area contributed by atoms with Gasteiger partial charge < -0.3 is 9.88 Å². The molecule has 0 aliphatic carbocycles. The van der Waals surface area contributed by atoms with E-state index >= 15 is 0 Å². The average Bonchev–Trinajstić information content (AvgIpc) is 3.14. The molecule has 0 saturated carbocycles. The Balaban J connectivity index is 1.61. The second-order valence-corrected chi connectivity index (χ2v) is 6.45. The van der Waals surface area contributed by atoms with Crippen LogP contribution in [-0.2, 0) is 13.6 Å². The van der Waals surface area contributed by atoms with E-state index in [1.807, 2.05) is 17.7 Å². The van der Waals surface area contributed by atoms with Crippen molar-refractivity contribution < 1.29 is 4.39 Å². The maximum Gasteiger partial charge on any atom is 0.329 e. The number of H-pyrrole nitrogens is 1. The van der Waals surface area contributed by atoms with Crippen LogP contribution in [0, 0.1) is 12.7 Å². The van der Waals surface area contributed by atoms with Gasteiger partial charge in [-0.3, -0.25) is 18.7 Å². The van der Waals surface area contributed by atoms with E-state index in [1.165, 1.54) is 10.6 Å². The standard InChI is InChI=1S/C18H19FN6O2/c1-11-10-25-14-15(23(2)18(27)22-16(14)26)21-17(25)24(11)9-5-8-20-13-7-4-3-6-12(13)19/h3-4,6-7,10,20H,5,8-9H2,1-2H3,(H,22,26,27). The molecule has 0 saturated heterocycles. The van der Waals surface area contributed by atoms with Gasteiger partial charge in [0.25, 0.3) is 5.56 Å². The molecule has 3 aromatic heterocycles. The zero-order chi connectivity index (χ0) is 19.1. The second kappa shape index (κ2) is 6.42. The highest BCUT2D eigenvalue weighted by atomic mass is 19.1. The number of benzene rings is 1. The zero-order valence-electron chi connectivity index (χ0n) is 15.0. The van der Waals surface area contributed by atoms with Crippen LogP contribution in [0.4, 0.5) is 10.1 Å². The lowest BCUT2D eigenvalue weighted by atomic mass is 10.3. The van der Waals surface area contributed by atoms with Gasteiger partial charge in [0, 0.05) is 32.0 Å². The lowest BCUT2D eigenvalue weighted by Gasteiger charge is -2.09. The molecule has 1 aromatic carbocycles. The predicted octanol–water partition coefficient (Wildman–Crippen LogP) is 1.63. The monoisotopic (exact) mass is 370 g/mol. The number of aromatic amines is 1. The highest BCUT2D eigenvalue weighted by Crippen LogP contribution is 2.17. The number of aryl methyl sites for hydroxylation is 3. The molecule has 2 N–H and O–H groups in total. The molecule has 8 nitrogen and oxygen atoms in total. The molecule has 0 fully saturated rings. The van der Waals surface area contributed by atoms with Crippen LogP contribution in [0.3, 0.4) is 0 Å². The Morgan fingerprint density at radius 1 is 1.26 bits per heavy atom. The summed E-state index contributed by atoms with van der Waals surface area (Å²) in [6.45, 7) is 3.16. The Bertz CT molecular complexity index is 1260. The number of nitrogens with zero attached hydrogens (tertiary/aromatic N) is 4. The molecule has 0 radical (unpaired) electrons. The minimum Gasteiger partial charge on any atom is -0.383 e. The predicted molar refractivity (Wildman–Crippen MR) is 101 cm³/mol. The summed E-state index contributed by atoms with van der Waals surface area (Å²) in [6.07, 6.45) is 2.56. The third-order valence-electron chi connectivity index (χ3n) is 4.66. The molecular weight excluding hydrogens is 351 g/mol. The van der Waals surface area contributed by atoms with Gasteiger partial charge in [-0.25, -0.2) is 9.18 Å². The fourth-order valence-electron chi connectivity index (χ4n) is 3.26. The minimum atomic E-state index is -0.495. The van der Waals surface area contributed by atoms with Crippen molar-refractivity contribution >= 4 is 22.6 Å². The normalized spacial score (nSPS) is 11.5. The molecule has 27 heavy (non-hydrogen) atoms. The van der Waals surface area contributed by atoms with Crippen LogP contribution in [0.2, 0.25) is 0 Å². The summed E-state index contributed by atoms with van der Waals surface area (Å²) in [7, 11) is 1.57. The average molecular weight is 370 g/mol. The van der Waals surface area contributed by atoms with Gasteiger partial charge in [0.1, 0.15) is 5.82 Å². The largest absolute Gasteiger partial charge is 0.383 e. The number of nitrogens with one attached hydrogen (secondary N) is 2. The molecule has 0 unspecified atom stereocenters. The first-order valence-electron chi connectivity index (χ1n) is 8.63. The van der Waals surface area contributed by atoms with Gasteiger partial charge in [-0.15, -0.1) is 0 Å². The Kier molecular flexibility index (Phi) is 4.06. The number of hydrogen-bond acceptors (Lipinski definition) is 4. The number of halogens is 1. The van der Waals surface area contributed by atoms with Crippen molar-refractivity contribution in [3.05, 3.63) is 62.8 Å². The number of rotatable bonds is 5. The molecule has 140 valence electrons. The lowest BCUT2D eigenvalue weighted by molar-refractivity contribution is 0.625. The van der Waals surface area contributed by atoms with E-state index in [0.717, 1.165) is 12.1 Å². The van der Waals surface area contributed by atoms with E-state index in [0.29, 0.717) is 35.7 Å². The van der Waals surface area contributed by atoms with Crippen molar-refractivity contribution in [1.29, 1.82) is 0 Å². The minimum absolute atomic E-state index is 0.281. The molecule has 4 rings (SSSR count). The van der Waals surface area contributed by atoms with Crippen LogP contribution < -0.4 is 16.6 Å². The molecule has 9 heteroatoms. The Morgan fingerprint density at radius 3 is 2.81 bits per heavy atom. The van der Waals surface area contributed by atoms with E-state index in [9.17, 15) is 14.0 Å². The second-order valence-electron chi connectivity index (χ2n) is 6.45. The van der Waals surface area contributed by atoms with E-state index in [2.05, 4.69) is 15.3 Å². The first kappa shape index (κ1) is 17.1. The van der Waals surface area contributed by atoms with E-state index in [4.69, 9.17) is 0 Å². The molecule has 4 aromatic rings. The highest BCUT2D eigenvalue weighted by Gasteiger charge is 2.17. The highest BCUT2D eigenvalue weighted by molar-refractivity contribution is 5.75. The van der Waals surface area contributed by atoms with Gasteiger partial charge >= 0.3 is 5.69 Å². The summed E-state index contributed by atoms with van der Waals surface area (Å²) in [5, 5.41) is 3.08. The van der Waals surface area contributed by atoms with Gasteiger partial charge in [0.2, 0.25) is 5.78 Å². The Labute approximate surface area is 152 Å². The molecule has 0 amide bonds. The lowest BCUT2D eigenvalue weighted by Crippen LogP contribution is -2.28. The topological polar surface area (TPSA) is 89.1 Å². The number of hydrogen-bond donors (Lipinski definition) is 2. The molecule has 0 spiro atoms. The van der Waals surface area contributed by atoms with Gasteiger partial charge in [0.15, 0.2) is 11.2 Å². The van der Waals surface area contributed by atoms with Crippen LogP contribution in [-0.4, -0.2) is 30.0 Å². The summed E-state index contributed by atoms with van der Waals surface area (Å²) < 4.78 is 18.7. The van der Waals surface area contributed by atoms with E-state index in [-0.39, 0.29) is 5.82 Å². The molecule has 0 aliphatic rings. The smallest absolute Gasteiger partial charge is 0.329 e. The third kappa shape index (κ3) is 2.80. The van der Waals surface area contributed by atoms with Crippen LogP contribution in [0.1, 0.15) is 12.1 Å². The Hall–Kier alpha value is -3.36. The quantitative estimate of drug-likeness (QED) is 0.523. The van der Waals surface area contributed by atoms with E-state index < -0.39 is 11.2 Å². The summed E-state index contributed by atoms with van der Waals surface area (Å²) in [5.41, 5.74) is 1.15. The zero-order valence-corrected chi connectivity index (χ0v) is 15.0. The number of para-hydroxylation sites is 1. The van der Waals surface area contributed by atoms with Gasteiger partial charge in [-0.05, 0) is 25.5 Å². The maximum atomic E-state index is 13.6. The van der Waals surface area contributed by atoms with Gasteiger partial charge in [0.05, 0.1) is 5.69 Å². The third-order valence-corrected chi connectivity index (χ3v) is 4.66. The van der Waals surface area contributed by atoms with Crippen LogP contribution in [0.15, 0.2) is 40.1 Å². The van der Waals surface area contributed by atoms with Crippen LogP contribution in [0.5, 0.6) is 0 Å². The fraction of sp³-hybridized carbons (Fsp3) is 0.278. The summed E-state index contributed by atoms with van der Waals surface area (Å²) in [6, 6.07) is 6.55. The number of imidazole rings is 2. The van der Waals surface area contributed by atoms with Crippen LogP contribution in [0.25, 0.3) is 16.9 Å². The van der Waals surface area contributed by atoms with Crippen molar-refractivity contribution in [2.24, 2.45) is 7.05 Å². The van der Waals surface area contributed by atoms with Crippen molar-refractivity contribution in [2.75, 3.05) is 11.9 Å². The van der Waals surface area contributed by atoms with Crippen molar-refractivity contribution in [3.63, 3.8) is 0 Å².